The number of carbonyl (C=O) groups excluding carboxylic acids is 1. The maximum atomic E-state index is 11.7. The van der Waals surface area contributed by atoms with Crippen molar-refractivity contribution in [2.24, 2.45) is 5.41 Å². The van der Waals surface area contributed by atoms with Crippen LogP contribution in [0, 0.1) is 5.41 Å². The monoisotopic (exact) mass is 188 g/mol. The lowest BCUT2D eigenvalue weighted by atomic mass is 9.87. The van der Waals surface area contributed by atoms with Gasteiger partial charge in [0.05, 0.1) is 16.3 Å². The normalized spacial score (nSPS) is 32.4. The van der Waals surface area contributed by atoms with Gasteiger partial charge >= 0.3 is 0 Å². The number of ether oxygens (including phenoxy) is 1. The van der Waals surface area contributed by atoms with Crippen molar-refractivity contribution in [2.75, 3.05) is 7.04 Å². The first-order chi connectivity index (χ1) is 7.09. The lowest BCUT2D eigenvalue weighted by Gasteiger charge is -2.37. The second-order valence-electron chi connectivity index (χ2n) is 4.56. The number of carbonyl (C=O) groups is 1. The zero-order valence-electron chi connectivity index (χ0n) is 11.4. The van der Waals surface area contributed by atoms with Crippen molar-refractivity contribution in [1.29, 1.82) is 0 Å². The summed E-state index contributed by atoms with van der Waals surface area (Å²) in [5.41, 5.74) is -0.458. The van der Waals surface area contributed by atoms with E-state index in [9.17, 15) is 4.79 Å². The third kappa shape index (κ3) is 2.44. The van der Waals surface area contributed by atoms with E-state index < -0.39 is 12.5 Å². The van der Waals surface area contributed by atoms with E-state index in [-0.39, 0.29) is 18.1 Å². The molecule has 13 heavy (non-hydrogen) atoms. The van der Waals surface area contributed by atoms with Crippen LogP contribution in [0.4, 0.5) is 0 Å². The number of hydrogen-bond acceptors (Lipinski definition) is 2. The smallest absolute Gasteiger partial charge is 0.225 e. The lowest BCUT2D eigenvalue weighted by molar-refractivity contribution is -0.132. The molecule has 0 unspecified atom stereocenters. The number of rotatable bonds is 2. The Morgan fingerprint density at radius 2 is 2.23 bits per heavy atom. The number of amides is 1. The van der Waals surface area contributed by atoms with E-state index in [1.165, 1.54) is 0 Å². The summed E-state index contributed by atoms with van der Waals surface area (Å²) < 4.78 is 25.9. The fourth-order valence-corrected chi connectivity index (χ4v) is 1.16. The maximum Gasteiger partial charge on any atom is 0.225 e. The summed E-state index contributed by atoms with van der Waals surface area (Å²) in [7, 11) is -2.38. The molecular formula is C10H19NO2. The highest BCUT2D eigenvalue weighted by atomic mass is 16.5. The SMILES string of the molecule is [2H]C([2H])([2H])O[C@H]1CC[C@@H]1NC(=O)C(C)(C)C. The third-order valence-corrected chi connectivity index (χ3v) is 2.36. The summed E-state index contributed by atoms with van der Waals surface area (Å²) in [6, 6.07) is -0.160. The van der Waals surface area contributed by atoms with Crippen molar-refractivity contribution in [3.63, 3.8) is 0 Å². The molecule has 2 atom stereocenters. The Hall–Kier alpha value is -0.570. The molecule has 0 aromatic carbocycles. The summed E-state index contributed by atoms with van der Waals surface area (Å²) in [6.07, 6.45) is 1.09. The summed E-state index contributed by atoms with van der Waals surface area (Å²) in [5, 5.41) is 2.82. The Morgan fingerprint density at radius 3 is 2.62 bits per heavy atom. The zero-order chi connectivity index (χ0) is 12.6. The zero-order valence-corrected chi connectivity index (χ0v) is 8.39. The van der Waals surface area contributed by atoms with Gasteiger partial charge in [0.1, 0.15) is 0 Å². The maximum absolute atomic E-state index is 11.7. The average Bonchev–Trinajstić information content (AvgIpc) is 2.05. The molecule has 1 rings (SSSR count). The number of hydrogen-bond donors (Lipinski definition) is 1. The molecule has 3 nitrogen and oxygen atoms in total. The van der Waals surface area contributed by atoms with E-state index >= 15 is 0 Å². The van der Waals surface area contributed by atoms with E-state index in [0.717, 1.165) is 6.42 Å². The molecule has 0 radical (unpaired) electrons. The summed E-state index contributed by atoms with van der Waals surface area (Å²) in [4.78, 5) is 11.7. The largest absolute Gasteiger partial charge is 0.379 e. The van der Waals surface area contributed by atoms with E-state index in [2.05, 4.69) is 5.32 Å². The molecule has 1 saturated carbocycles. The Balaban J connectivity index is 2.43. The van der Waals surface area contributed by atoms with Gasteiger partial charge in [0, 0.05) is 12.5 Å². The van der Waals surface area contributed by atoms with E-state index in [1.54, 1.807) is 0 Å². The van der Waals surface area contributed by atoms with Crippen molar-refractivity contribution in [3.8, 4) is 0 Å². The standard InChI is InChI=1S/C10H19NO2/c1-10(2,3)9(12)11-7-5-6-8(7)13-4/h7-8H,5-6H2,1-4H3,(H,11,12)/t7-,8-/m0/s1/i4D3. The van der Waals surface area contributed by atoms with E-state index in [1.807, 2.05) is 20.8 Å². The molecule has 0 aromatic heterocycles. The van der Waals surface area contributed by atoms with Crippen molar-refractivity contribution >= 4 is 5.91 Å². The van der Waals surface area contributed by atoms with Crippen LogP contribution in [0.1, 0.15) is 37.7 Å². The van der Waals surface area contributed by atoms with Crippen molar-refractivity contribution < 1.29 is 13.6 Å². The van der Waals surface area contributed by atoms with Gasteiger partial charge in [-0.05, 0) is 12.8 Å². The molecule has 0 saturated heterocycles. The average molecular weight is 188 g/mol. The summed E-state index contributed by atoms with van der Waals surface area (Å²) in [6.45, 7) is 5.46. The minimum atomic E-state index is -2.38. The second kappa shape index (κ2) is 3.66. The van der Waals surface area contributed by atoms with Crippen LogP contribution in [0.2, 0.25) is 0 Å². The molecule has 1 fully saturated rings. The molecule has 1 amide bonds. The second-order valence-corrected chi connectivity index (χ2v) is 4.56. The number of methoxy groups -OCH3 is 1. The van der Waals surface area contributed by atoms with Gasteiger partial charge in [0.2, 0.25) is 5.91 Å². The minimum Gasteiger partial charge on any atom is -0.379 e. The van der Waals surface area contributed by atoms with Gasteiger partial charge in [0.15, 0.2) is 0 Å². The molecular weight excluding hydrogens is 166 g/mol. The van der Waals surface area contributed by atoms with Crippen molar-refractivity contribution in [3.05, 3.63) is 0 Å². The summed E-state index contributed by atoms with van der Waals surface area (Å²) in [5.74, 6) is -0.0728. The van der Waals surface area contributed by atoms with Crippen molar-refractivity contribution in [2.45, 2.75) is 45.8 Å². The third-order valence-electron chi connectivity index (χ3n) is 2.36. The predicted molar refractivity (Wildman–Crippen MR) is 51.4 cm³/mol. The van der Waals surface area contributed by atoms with Crippen LogP contribution in [0.15, 0.2) is 0 Å². The minimum absolute atomic E-state index is 0.0728. The molecule has 1 aliphatic carbocycles. The first-order valence-electron chi connectivity index (χ1n) is 6.08. The lowest BCUT2D eigenvalue weighted by Crippen LogP contribution is -2.53. The van der Waals surface area contributed by atoms with Crippen LogP contribution in [0.5, 0.6) is 0 Å². The van der Waals surface area contributed by atoms with Gasteiger partial charge in [-0.1, -0.05) is 20.8 Å². The first kappa shape index (κ1) is 6.82. The van der Waals surface area contributed by atoms with Gasteiger partial charge in [-0.3, -0.25) is 4.79 Å². The highest BCUT2D eigenvalue weighted by Crippen LogP contribution is 2.24. The summed E-state index contributed by atoms with van der Waals surface area (Å²) >= 11 is 0. The molecule has 0 aromatic rings. The van der Waals surface area contributed by atoms with Gasteiger partial charge < -0.3 is 10.1 Å². The van der Waals surface area contributed by atoms with Gasteiger partial charge in [0.25, 0.3) is 0 Å². The molecule has 0 bridgehead atoms. The highest BCUT2D eigenvalue weighted by molar-refractivity contribution is 5.81. The molecule has 3 heteroatoms. The highest BCUT2D eigenvalue weighted by Gasteiger charge is 2.34. The van der Waals surface area contributed by atoms with Gasteiger partial charge in [-0.15, -0.1) is 0 Å². The topological polar surface area (TPSA) is 38.3 Å². The Labute approximate surface area is 84.1 Å². The molecule has 76 valence electrons. The fourth-order valence-electron chi connectivity index (χ4n) is 1.16. The fraction of sp³-hybridized carbons (Fsp3) is 0.900. The van der Waals surface area contributed by atoms with Crippen LogP contribution in [0.3, 0.4) is 0 Å². The van der Waals surface area contributed by atoms with Crippen LogP contribution < -0.4 is 5.32 Å². The van der Waals surface area contributed by atoms with Crippen molar-refractivity contribution in [1.82, 2.24) is 5.32 Å². The van der Waals surface area contributed by atoms with Crippen LogP contribution in [0.25, 0.3) is 0 Å². The Kier molecular flexibility index (Phi) is 1.92. The molecule has 0 spiro atoms. The van der Waals surface area contributed by atoms with Gasteiger partial charge in [-0.25, -0.2) is 0 Å². The van der Waals surface area contributed by atoms with Crippen LogP contribution in [-0.2, 0) is 9.53 Å². The first-order valence-corrected chi connectivity index (χ1v) is 4.58. The van der Waals surface area contributed by atoms with Crippen LogP contribution in [-0.4, -0.2) is 25.1 Å². The molecule has 1 aliphatic rings. The molecule has 0 heterocycles. The quantitative estimate of drug-likeness (QED) is 0.710. The number of nitrogens with one attached hydrogen (secondary N) is 1. The predicted octanol–water partition coefficient (Wildman–Crippen LogP) is 1.33. The van der Waals surface area contributed by atoms with E-state index in [0.29, 0.717) is 6.42 Å². The molecule has 1 N–H and O–H groups in total. The molecule has 0 aliphatic heterocycles. The van der Waals surface area contributed by atoms with E-state index in [4.69, 9.17) is 8.85 Å². The van der Waals surface area contributed by atoms with Gasteiger partial charge in [-0.2, -0.15) is 0 Å². The van der Waals surface area contributed by atoms with Crippen LogP contribution >= 0.6 is 0 Å². The Bertz CT molecular complexity index is 270. The Morgan fingerprint density at radius 1 is 1.54 bits per heavy atom.